The van der Waals surface area contributed by atoms with E-state index >= 15 is 0 Å². The van der Waals surface area contributed by atoms with Gasteiger partial charge >= 0.3 is 5.97 Å². The lowest BCUT2D eigenvalue weighted by Crippen LogP contribution is -2.28. The van der Waals surface area contributed by atoms with E-state index in [1.54, 1.807) is 12.1 Å². The molecule has 3 rings (SSSR count). The Kier molecular flexibility index (Phi) is 5.41. The standard InChI is InChI=1S/C19H16ClFN2O4/c1-27-19(26)11-2-4-13(5-3-11)22-18(25)12-8-17(24)23(10-12)14-6-7-16(21)15(20)9-14/h2-7,9,12H,8,10H2,1H3,(H,22,25). The summed E-state index contributed by atoms with van der Waals surface area (Å²) in [6.07, 6.45) is 0.0427. The first-order valence-corrected chi connectivity index (χ1v) is 8.51. The Bertz CT molecular complexity index is 901. The van der Waals surface area contributed by atoms with Crippen LogP contribution in [0.15, 0.2) is 42.5 Å². The molecule has 0 bridgehead atoms. The molecule has 27 heavy (non-hydrogen) atoms. The van der Waals surface area contributed by atoms with Gasteiger partial charge in [0.15, 0.2) is 0 Å². The van der Waals surface area contributed by atoms with E-state index in [9.17, 15) is 18.8 Å². The monoisotopic (exact) mass is 390 g/mol. The van der Waals surface area contributed by atoms with Crippen molar-refractivity contribution in [2.45, 2.75) is 6.42 Å². The number of anilines is 2. The lowest BCUT2D eigenvalue weighted by atomic mass is 10.1. The maximum atomic E-state index is 13.3. The third-order valence-corrected chi connectivity index (χ3v) is 4.57. The molecule has 0 aromatic heterocycles. The predicted molar refractivity (Wildman–Crippen MR) is 98.3 cm³/mol. The molecule has 6 nitrogen and oxygen atoms in total. The van der Waals surface area contributed by atoms with Crippen molar-refractivity contribution >= 4 is 40.8 Å². The molecule has 2 amide bonds. The van der Waals surface area contributed by atoms with Gasteiger partial charge in [-0.25, -0.2) is 9.18 Å². The van der Waals surface area contributed by atoms with Gasteiger partial charge in [0.2, 0.25) is 11.8 Å². The van der Waals surface area contributed by atoms with Crippen LogP contribution in [0.2, 0.25) is 5.02 Å². The van der Waals surface area contributed by atoms with Crippen LogP contribution < -0.4 is 10.2 Å². The zero-order valence-electron chi connectivity index (χ0n) is 14.4. The first-order valence-electron chi connectivity index (χ1n) is 8.13. The third-order valence-electron chi connectivity index (χ3n) is 4.28. The van der Waals surface area contributed by atoms with Gasteiger partial charge in [0, 0.05) is 24.3 Å². The first-order chi connectivity index (χ1) is 12.9. The van der Waals surface area contributed by atoms with Crippen molar-refractivity contribution in [2.75, 3.05) is 23.9 Å². The van der Waals surface area contributed by atoms with E-state index in [0.717, 1.165) is 0 Å². The molecule has 1 aliphatic rings. The number of ether oxygens (including phenoxy) is 1. The van der Waals surface area contributed by atoms with Crippen LogP contribution in [-0.2, 0) is 14.3 Å². The third kappa shape index (κ3) is 4.09. The van der Waals surface area contributed by atoms with Crippen LogP contribution in [0.5, 0.6) is 0 Å². The number of methoxy groups -OCH3 is 1. The number of nitrogens with one attached hydrogen (secondary N) is 1. The maximum absolute atomic E-state index is 13.3. The molecule has 0 spiro atoms. The molecule has 1 aliphatic heterocycles. The van der Waals surface area contributed by atoms with Gasteiger partial charge in [-0.2, -0.15) is 0 Å². The lowest BCUT2D eigenvalue weighted by Gasteiger charge is -2.17. The predicted octanol–water partition coefficient (Wildman–Crippen LogP) is 3.26. The normalized spacial score (nSPS) is 16.3. The summed E-state index contributed by atoms with van der Waals surface area (Å²) in [5.74, 6) is -2.15. The van der Waals surface area contributed by atoms with Crippen LogP contribution in [0.1, 0.15) is 16.8 Å². The second kappa shape index (κ2) is 7.75. The van der Waals surface area contributed by atoms with Crippen molar-refractivity contribution < 1.29 is 23.5 Å². The number of hydrogen-bond donors (Lipinski definition) is 1. The molecule has 0 saturated carbocycles. The molecular formula is C19H16ClFN2O4. The quantitative estimate of drug-likeness (QED) is 0.813. The van der Waals surface area contributed by atoms with Crippen molar-refractivity contribution in [3.8, 4) is 0 Å². The van der Waals surface area contributed by atoms with Crippen molar-refractivity contribution in [2.24, 2.45) is 5.92 Å². The van der Waals surface area contributed by atoms with Crippen LogP contribution in [0, 0.1) is 11.7 Å². The smallest absolute Gasteiger partial charge is 0.337 e. The average Bonchev–Trinajstić information content (AvgIpc) is 3.06. The molecule has 0 aliphatic carbocycles. The number of amides is 2. The molecule has 8 heteroatoms. The first kappa shape index (κ1) is 18.8. The molecular weight excluding hydrogens is 375 g/mol. The van der Waals surface area contributed by atoms with Crippen LogP contribution in [-0.4, -0.2) is 31.4 Å². The van der Waals surface area contributed by atoms with E-state index in [-0.39, 0.29) is 29.8 Å². The van der Waals surface area contributed by atoms with E-state index < -0.39 is 17.7 Å². The molecule has 2 aromatic rings. The summed E-state index contributed by atoms with van der Waals surface area (Å²) < 4.78 is 17.9. The van der Waals surface area contributed by atoms with Crippen molar-refractivity contribution in [1.29, 1.82) is 0 Å². The van der Waals surface area contributed by atoms with Crippen molar-refractivity contribution in [1.82, 2.24) is 0 Å². The Morgan fingerprint density at radius 1 is 1.22 bits per heavy atom. The maximum Gasteiger partial charge on any atom is 0.337 e. The van der Waals surface area contributed by atoms with Crippen molar-refractivity contribution in [3.63, 3.8) is 0 Å². The highest BCUT2D eigenvalue weighted by Crippen LogP contribution is 2.29. The Morgan fingerprint density at radius 2 is 1.93 bits per heavy atom. The summed E-state index contributed by atoms with van der Waals surface area (Å²) in [6.45, 7) is 0.173. The average molecular weight is 391 g/mol. The zero-order valence-corrected chi connectivity index (χ0v) is 15.1. The van der Waals surface area contributed by atoms with Gasteiger partial charge in [0.05, 0.1) is 23.6 Å². The van der Waals surface area contributed by atoms with Gasteiger partial charge < -0.3 is 15.0 Å². The summed E-state index contributed by atoms with van der Waals surface area (Å²) in [5.41, 5.74) is 1.32. The fourth-order valence-electron chi connectivity index (χ4n) is 2.84. The molecule has 0 radical (unpaired) electrons. The number of nitrogens with zero attached hydrogens (tertiary/aromatic N) is 1. The SMILES string of the molecule is COC(=O)c1ccc(NC(=O)C2CC(=O)N(c3ccc(F)c(Cl)c3)C2)cc1. The van der Waals surface area contributed by atoms with E-state index in [4.69, 9.17) is 11.6 Å². The highest BCUT2D eigenvalue weighted by atomic mass is 35.5. The highest BCUT2D eigenvalue weighted by molar-refractivity contribution is 6.31. The van der Waals surface area contributed by atoms with Gasteiger partial charge in [-0.1, -0.05) is 11.6 Å². The number of rotatable bonds is 4. The topological polar surface area (TPSA) is 75.7 Å². The van der Waals surface area contributed by atoms with E-state index in [1.807, 2.05) is 0 Å². The minimum absolute atomic E-state index is 0.0427. The summed E-state index contributed by atoms with van der Waals surface area (Å²) in [4.78, 5) is 37.5. The second-order valence-electron chi connectivity index (χ2n) is 6.06. The number of hydrogen-bond acceptors (Lipinski definition) is 4. The summed E-state index contributed by atoms with van der Waals surface area (Å²) >= 11 is 5.77. The molecule has 2 aromatic carbocycles. The van der Waals surface area contributed by atoms with Gasteiger partial charge in [-0.05, 0) is 42.5 Å². The molecule has 1 N–H and O–H groups in total. The Morgan fingerprint density at radius 3 is 2.56 bits per heavy atom. The van der Waals surface area contributed by atoms with Crippen LogP contribution in [0.4, 0.5) is 15.8 Å². The van der Waals surface area contributed by atoms with Gasteiger partial charge in [-0.3, -0.25) is 9.59 Å². The largest absolute Gasteiger partial charge is 0.465 e. The van der Waals surface area contributed by atoms with Gasteiger partial charge in [-0.15, -0.1) is 0 Å². The molecule has 1 heterocycles. The number of carbonyl (C=O) groups is 3. The van der Waals surface area contributed by atoms with E-state index in [1.165, 1.54) is 42.3 Å². The Labute approximate surface area is 159 Å². The number of benzene rings is 2. The Hall–Kier alpha value is -2.93. The summed E-state index contributed by atoms with van der Waals surface area (Å²) in [6, 6.07) is 10.2. The fourth-order valence-corrected chi connectivity index (χ4v) is 3.01. The minimum atomic E-state index is -0.572. The number of esters is 1. The van der Waals surface area contributed by atoms with Crippen molar-refractivity contribution in [3.05, 3.63) is 58.9 Å². The van der Waals surface area contributed by atoms with E-state index in [0.29, 0.717) is 16.9 Å². The van der Waals surface area contributed by atoms with Gasteiger partial charge in [0.1, 0.15) is 5.82 Å². The molecule has 1 unspecified atom stereocenters. The second-order valence-corrected chi connectivity index (χ2v) is 6.47. The van der Waals surface area contributed by atoms with E-state index in [2.05, 4.69) is 10.1 Å². The number of halogens is 2. The summed E-state index contributed by atoms with van der Waals surface area (Å²) in [7, 11) is 1.29. The van der Waals surface area contributed by atoms with Crippen LogP contribution >= 0.6 is 11.6 Å². The Balaban J connectivity index is 1.66. The molecule has 1 fully saturated rings. The van der Waals surface area contributed by atoms with Crippen LogP contribution in [0.3, 0.4) is 0 Å². The fraction of sp³-hybridized carbons (Fsp3) is 0.211. The minimum Gasteiger partial charge on any atom is -0.465 e. The molecule has 140 valence electrons. The van der Waals surface area contributed by atoms with Crippen LogP contribution in [0.25, 0.3) is 0 Å². The molecule has 1 atom stereocenters. The summed E-state index contributed by atoms with van der Waals surface area (Å²) in [5, 5.41) is 2.64. The lowest BCUT2D eigenvalue weighted by molar-refractivity contribution is -0.122. The zero-order chi connectivity index (χ0) is 19.6. The molecule has 1 saturated heterocycles. The number of carbonyl (C=O) groups excluding carboxylic acids is 3. The highest BCUT2D eigenvalue weighted by Gasteiger charge is 2.35. The van der Waals surface area contributed by atoms with Gasteiger partial charge in [0.25, 0.3) is 0 Å².